The molecule has 0 radical (unpaired) electrons. The zero-order chi connectivity index (χ0) is 25.0. The maximum atomic E-state index is 12.8. The van der Waals surface area contributed by atoms with E-state index in [9.17, 15) is 24.3 Å². The van der Waals surface area contributed by atoms with Crippen molar-refractivity contribution in [2.24, 2.45) is 5.92 Å². The highest BCUT2D eigenvalue weighted by Crippen LogP contribution is 2.32. The Morgan fingerprint density at radius 3 is 2.35 bits per heavy atom. The van der Waals surface area contributed by atoms with Crippen molar-refractivity contribution < 1.29 is 14.7 Å². The summed E-state index contributed by atoms with van der Waals surface area (Å²) in [5.74, 6) is -1.35. The molecule has 34 heavy (non-hydrogen) atoms. The number of benzene rings is 1. The molecular formula is C24H27N5O5. The summed E-state index contributed by atoms with van der Waals surface area (Å²) in [5, 5.41) is 18.9. The van der Waals surface area contributed by atoms with Crippen LogP contribution in [0.15, 0.2) is 52.2 Å². The van der Waals surface area contributed by atoms with Crippen molar-refractivity contribution in [3.05, 3.63) is 74.3 Å². The van der Waals surface area contributed by atoms with Crippen molar-refractivity contribution in [1.82, 2.24) is 15.2 Å². The van der Waals surface area contributed by atoms with Crippen LogP contribution in [0, 0.1) is 5.92 Å². The van der Waals surface area contributed by atoms with Crippen LogP contribution in [0.1, 0.15) is 29.9 Å². The average molecular weight is 466 g/mol. The molecule has 3 aromatic rings. The number of phenols is 1. The van der Waals surface area contributed by atoms with Gasteiger partial charge in [0.05, 0.1) is 23.5 Å². The third kappa shape index (κ3) is 5.06. The molecule has 0 unspecified atom stereocenters. The zero-order valence-electron chi connectivity index (χ0n) is 19.4. The van der Waals surface area contributed by atoms with E-state index in [1.807, 2.05) is 6.07 Å². The number of hydrogen-bond acceptors (Lipinski definition) is 8. The Labute approximate surface area is 196 Å². The number of nitrogens with one attached hydrogen (secondary N) is 3. The molecule has 0 aliphatic heterocycles. The molecule has 2 aromatic carbocycles. The topological polar surface area (TPSA) is 141 Å². The Hall–Kier alpha value is -4.21. The molecule has 0 fully saturated rings. The number of aromatic nitrogens is 1. The van der Waals surface area contributed by atoms with E-state index in [1.165, 1.54) is 17.0 Å². The number of hydrogen-bond donors (Lipinski definition) is 4. The number of para-hydroxylation sites is 1. The first-order chi connectivity index (χ1) is 16.1. The monoisotopic (exact) mass is 465 g/mol. The van der Waals surface area contributed by atoms with Gasteiger partial charge < -0.3 is 26.0 Å². The normalized spacial score (nSPS) is 11.8. The van der Waals surface area contributed by atoms with E-state index in [0.717, 1.165) is 0 Å². The Morgan fingerprint density at radius 2 is 1.74 bits per heavy atom. The van der Waals surface area contributed by atoms with Crippen molar-refractivity contribution in [1.29, 1.82) is 0 Å². The predicted molar refractivity (Wildman–Crippen MR) is 129 cm³/mol. The number of carbonyl (C=O) groups is 2. The summed E-state index contributed by atoms with van der Waals surface area (Å²) in [6, 6.07) is 9.02. The number of aromatic hydroxyl groups is 1. The molecule has 0 saturated heterocycles. The second-order valence-electron chi connectivity index (χ2n) is 8.34. The minimum atomic E-state index is -0.803. The smallest absolute Gasteiger partial charge is 0.257 e. The summed E-state index contributed by atoms with van der Waals surface area (Å²) in [7, 11) is 3.09. The van der Waals surface area contributed by atoms with Gasteiger partial charge in [-0.05, 0) is 30.2 Å². The second kappa shape index (κ2) is 10.2. The van der Waals surface area contributed by atoms with E-state index in [4.69, 9.17) is 0 Å². The van der Waals surface area contributed by atoms with E-state index >= 15 is 0 Å². The van der Waals surface area contributed by atoms with Gasteiger partial charge in [-0.2, -0.15) is 0 Å². The first kappa shape index (κ1) is 24.4. The second-order valence-corrected chi connectivity index (χ2v) is 8.34. The lowest BCUT2D eigenvalue weighted by Crippen LogP contribution is -2.47. The molecule has 4 N–H and O–H groups in total. The Morgan fingerprint density at radius 1 is 1.03 bits per heavy atom. The highest BCUT2D eigenvalue weighted by Gasteiger charge is 2.29. The number of rotatable bonds is 9. The fraction of sp³-hybridized carbons (Fsp3) is 0.292. The van der Waals surface area contributed by atoms with Gasteiger partial charge in [0.25, 0.3) is 16.8 Å². The van der Waals surface area contributed by atoms with Crippen LogP contribution in [0.3, 0.4) is 0 Å². The van der Waals surface area contributed by atoms with Gasteiger partial charge in [0.1, 0.15) is 17.4 Å². The van der Waals surface area contributed by atoms with Gasteiger partial charge in [-0.1, -0.05) is 26.0 Å². The van der Waals surface area contributed by atoms with Crippen LogP contribution in [0.2, 0.25) is 0 Å². The Kier molecular flexibility index (Phi) is 7.30. The van der Waals surface area contributed by atoms with Crippen LogP contribution in [-0.4, -0.2) is 46.9 Å². The molecule has 10 nitrogen and oxygen atoms in total. The average Bonchev–Trinajstić information content (AvgIpc) is 2.82. The van der Waals surface area contributed by atoms with Crippen molar-refractivity contribution in [2.75, 3.05) is 24.7 Å². The highest BCUT2D eigenvalue weighted by molar-refractivity contribution is 5.99. The van der Waals surface area contributed by atoms with E-state index in [1.54, 1.807) is 52.3 Å². The summed E-state index contributed by atoms with van der Waals surface area (Å²) in [4.78, 5) is 55.1. The molecule has 10 heteroatoms. The van der Waals surface area contributed by atoms with Crippen LogP contribution in [-0.2, 0) is 11.3 Å². The van der Waals surface area contributed by atoms with Crippen LogP contribution >= 0.6 is 0 Å². The Bertz CT molecular complexity index is 1260. The minimum Gasteiger partial charge on any atom is -0.505 e. The first-order valence-electron chi connectivity index (χ1n) is 10.7. The van der Waals surface area contributed by atoms with Crippen LogP contribution in [0.25, 0.3) is 0 Å². The quantitative estimate of drug-likeness (QED) is 0.276. The molecule has 0 bridgehead atoms. The first-order valence-corrected chi connectivity index (χ1v) is 10.7. The van der Waals surface area contributed by atoms with Crippen LogP contribution in [0.4, 0.5) is 17.1 Å². The lowest BCUT2D eigenvalue weighted by atomic mass is 10.0. The standard InChI is InChI=1S/C24H27N5O5/c1-13(2)17(23(33)26-12-14-8-5-6-11-25-14)28-19-18(21(31)22(19)32)27-16-10-7-9-15(20(16)30)24(34)29(3)4/h5-11,13,17,27-28,30H,12H2,1-4H3,(H,26,33)/t17-/m1/s1. The van der Waals surface area contributed by atoms with Gasteiger partial charge in [0.2, 0.25) is 5.91 Å². The molecule has 1 aromatic heterocycles. The van der Waals surface area contributed by atoms with Gasteiger partial charge >= 0.3 is 0 Å². The van der Waals surface area contributed by atoms with Gasteiger partial charge in [0.15, 0.2) is 5.75 Å². The maximum Gasteiger partial charge on any atom is 0.257 e. The van der Waals surface area contributed by atoms with Crippen molar-refractivity contribution in [3.8, 4) is 5.75 Å². The zero-order valence-corrected chi connectivity index (χ0v) is 19.4. The van der Waals surface area contributed by atoms with Gasteiger partial charge in [-0.15, -0.1) is 0 Å². The molecular weight excluding hydrogens is 438 g/mol. The molecule has 1 atom stereocenters. The van der Waals surface area contributed by atoms with Crippen molar-refractivity contribution in [2.45, 2.75) is 26.4 Å². The third-order valence-corrected chi connectivity index (χ3v) is 5.26. The summed E-state index contributed by atoms with van der Waals surface area (Å²) in [6.07, 6.45) is 1.62. The maximum absolute atomic E-state index is 12.8. The largest absolute Gasteiger partial charge is 0.505 e. The third-order valence-electron chi connectivity index (χ3n) is 5.26. The van der Waals surface area contributed by atoms with E-state index in [-0.39, 0.29) is 46.7 Å². The summed E-state index contributed by atoms with van der Waals surface area (Å²) < 4.78 is 0. The van der Waals surface area contributed by atoms with Crippen LogP contribution < -0.4 is 26.8 Å². The molecule has 0 spiro atoms. The highest BCUT2D eigenvalue weighted by atomic mass is 16.3. The lowest BCUT2D eigenvalue weighted by Gasteiger charge is -2.25. The summed E-state index contributed by atoms with van der Waals surface area (Å²) in [6.45, 7) is 3.82. The van der Waals surface area contributed by atoms with E-state index in [2.05, 4.69) is 20.9 Å². The molecule has 178 valence electrons. The summed E-state index contributed by atoms with van der Waals surface area (Å²) >= 11 is 0. The number of anilines is 3. The van der Waals surface area contributed by atoms with Crippen LogP contribution in [0.5, 0.6) is 5.75 Å². The molecule has 3 rings (SSSR count). The van der Waals surface area contributed by atoms with E-state index in [0.29, 0.717) is 5.69 Å². The molecule has 0 aliphatic rings. The Balaban J connectivity index is 1.81. The SMILES string of the molecule is CC(C)[C@@H](Nc1c(Nc2cccc(C(=O)N(C)C)c2O)c(=O)c1=O)C(=O)NCc1ccccn1. The molecule has 0 aliphatic carbocycles. The van der Waals surface area contributed by atoms with Crippen molar-refractivity contribution in [3.63, 3.8) is 0 Å². The van der Waals surface area contributed by atoms with Gasteiger partial charge in [0, 0.05) is 20.3 Å². The molecule has 1 heterocycles. The number of nitrogens with zero attached hydrogens (tertiary/aromatic N) is 2. The minimum absolute atomic E-state index is 0.0390. The fourth-order valence-corrected chi connectivity index (χ4v) is 3.32. The van der Waals surface area contributed by atoms with Gasteiger partial charge in [-0.3, -0.25) is 24.2 Å². The molecule has 2 amide bonds. The fourth-order valence-electron chi connectivity index (χ4n) is 3.32. The molecule has 0 saturated carbocycles. The number of amides is 2. The van der Waals surface area contributed by atoms with E-state index < -0.39 is 22.8 Å². The number of pyridine rings is 1. The summed E-state index contributed by atoms with van der Waals surface area (Å²) in [5.41, 5.74) is -0.898. The number of phenolic OH excluding ortho intramolecular Hbond substituents is 1. The predicted octanol–water partition coefficient (Wildman–Crippen LogP) is 1.58. The van der Waals surface area contributed by atoms with Crippen molar-refractivity contribution >= 4 is 28.9 Å². The lowest BCUT2D eigenvalue weighted by molar-refractivity contribution is -0.122. The number of carbonyl (C=O) groups excluding carboxylic acids is 2. The van der Waals surface area contributed by atoms with Gasteiger partial charge in [-0.25, -0.2) is 0 Å².